The lowest BCUT2D eigenvalue weighted by molar-refractivity contribution is 0.0574. The molecule has 0 N–H and O–H groups in total. The third-order valence-electron chi connectivity index (χ3n) is 5.16. The third kappa shape index (κ3) is 4.02. The molecule has 0 radical (unpaired) electrons. The standard InChI is InChI=1S/C21H23FN4O3S/c1-3-29-21(28)25-10-8-24(9-11-25)19(27)18-12-17-14(2)23-26(20(17)30-18)13-15-4-6-16(22)7-5-15/h4-7,12H,3,8-11,13H2,1-2H3. The van der Waals surface area contributed by atoms with E-state index in [0.717, 1.165) is 21.5 Å². The van der Waals surface area contributed by atoms with Crippen LogP contribution in [0.25, 0.3) is 10.2 Å². The number of carbonyl (C=O) groups excluding carboxylic acids is 2. The van der Waals surface area contributed by atoms with E-state index in [1.807, 2.05) is 17.7 Å². The highest BCUT2D eigenvalue weighted by atomic mass is 32.1. The van der Waals surface area contributed by atoms with Crippen molar-refractivity contribution in [3.8, 4) is 0 Å². The number of piperazine rings is 1. The first kappa shape index (κ1) is 20.3. The van der Waals surface area contributed by atoms with Gasteiger partial charge in [0.05, 0.1) is 23.7 Å². The van der Waals surface area contributed by atoms with E-state index in [1.54, 1.807) is 28.9 Å². The van der Waals surface area contributed by atoms with Gasteiger partial charge in [0.1, 0.15) is 10.6 Å². The van der Waals surface area contributed by atoms with Crippen LogP contribution in [0.15, 0.2) is 30.3 Å². The summed E-state index contributed by atoms with van der Waals surface area (Å²) in [5.41, 5.74) is 1.80. The lowest BCUT2D eigenvalue weighted by Crippen LogP contribution is -2.50. The summed E-state index contributed by atoms with van der Waals surface area (Å²) in [6.07, 6.45) is -0.331. The van der Waals surface area contributed by atoms with Gasteiger partial charge in [0, 0.05) is 31.6 Å². The minimum Gasteiger partial charge on any atom is -0.450 e. The second-order valence-electron chi connectivity index (χ2n) is 7.18. The molecule has 1 saturated heterocycles. The minimum absolute atomic E-state index is 0.0348. The fraction of sp³-hybridized carbons (Fsp3) is 0.381. The first-order chi connectivity index (χ1) is 14.5. The zero-order valence-corrected chi connectivity index (χ0v) is 17.7. The Hall–Kier alpha value is -2.94. The summed E-state index contributed by atoms with van der Waals surface area (Å²) in [7, 11) is 0. The molecule has 2 amide bonds. The van der Waals surface area contributed by atoms with Crippen LogP contribution >= 0.6 is 11.3 Å². The largest absolute Gasteiger partial charge is 0.450 e. The molecule has 0 aliphatic carbocycles. The number of hydrogen-bond acceptors (Lipinski definition) is 5. The topological polar surface area (TPSA) is 67.7 Å². The Labute approximate surface area is 177 Å². The molecule has 0 spiro atoms. The van der Waals surface area contributed by atoms with Gasteiger partial charge in [0.25, 0.3) is 5.91 Å². The van der Waals surface area contributed by atoms with Gasteiger partial charge in [-0.15, -0.1) is 11.3 Å². The van der Waals surface area contributed by atoms with Crippen LogP contribution in [0, 0.1) is 12.7 Å². The van der Waals surface area contributed by atoms with Crippen molar-refractivity contribution in [2.24, 2.45) is 0 Å². The highest BCUT2D eigenvalue weighted by Crippen LogP contribution is 2.30. The van der Waals surface area contributed by atoms with Crippen LogP contribution in [0.1, 0.15) is 27.9 Å². The molecular weight excluding hydrogens is 407 g/mol. The summed E-state index contributed by atoms with van der Waals surface area (Å²) >= 11 is 1.41. The van der Waals surface area contributed by atoms with Crippen LogP contribution in [0.5, 0.6) is 0 Å². The SMILES string of the molecule is CCOC(=O)N1CCN(C(=O)c2cc3c(C)nn(Cc4ccc(F)cc4)c3s2)CC1. The summed E-state index contributed by atoms with van der Waals surface area (Å²) < 4.78 is 20.1. The Balaban J connectivity index is 1.49. The molecule has 9 heteroatoms. The van der Waals surface area contributed by atoms with Crippen LogP contribution in [0.4, 0.5) is 9.18 Å². The number of aromatic nitrogens is 2. The molecule has 0 bridgehead atoms. The van der Waals surface area contributed by atoms with E-state index < -0.39 is 0 Å². The van der Waals surface area contributed by atoms with Crippen molar-refractivity contribution in [3.05, 3.63) is 52.3 Å². The monoisotopic (exact) mass is 430 g/mol. The maximum absolute atomic E-state index is 13.2. The van der Waals surface area contributed by atoms with Crippen LogP contribution in [-0.2, 0) is 11.3 Å². The average Bonchev–Trinajstić information content (AvgIpc) is 3.31. The number of carbonyl (C=O) groups is 2. The summed E-state index contributed by atoms with van der Waals surface area (Å²) in [5.74, 6) is -0.306. The molecule has 3 heterocycles. The van der Waals surface area contributed by atoms with Crippen molar-refractivity contribution in [2.75, 3.05) is 32.8 Å². The van der Waals surface area contributed by atoms with Crippen LogP contribution in [0.2, 0.25) is 0 Å². The number of halogens is 1. The number of nitrogens with zero attached hydrogens (tertiary/aromatic N) is 4. The molecule has 30 heavy (non-hydrogen) atoms. The molecule has 1 aliphatic heterocycles. The lowest BCUT2D eigenvalue weighted by atomic mass is 10.2. The van der Waals surface area contributed by atoms with Crippen molar-refractivity contribution in [2.45, 2.75) is 20.4 Å². The van der Waals surface area contributed by atoms with Gasteiger partial charge in [-0.1, -0.05) is 12.1 Å². The van der Waals surface area contributed by atoms with Gasteiger partial charge < -0.3 is 14.5 Å². The van der Waals surface area contributed by atoms with E-state index >= 15 is 0 Å². The molecule has 1 aliphatic rings. The van der Waals surface area contributed by atoms with Gasteiger partial charge in [-0.2, -0.15) is 5.10 Å². The Morgan fingerprint density at radius 2 is 1.80 bits per heavy atom. The Kier molecular flexibility index (Phi) is 5.72. The maximum Gasteiger partial charge on any atom is 0.409 e. The zero-order valence-electron chi connectivity index (χ0n) is 16.9. The van der Waals surface area contributed by atoms with E-state index in [-0.39, 0.29) is 17.8 Å². The van der Waals surface area contributed by atoms with Crippen molar-refractivity contribution >= 4 is 33.6 Å². The number of ether oxygens (including phenoxy) is 1. The second kappa shape index (κ2) is 8.43. The fourth-order valence-electron chi connectivity index (χ4n) is 3.55. The molecule has 3 aromatic rings. The zero-order chi connectivity index (χ0) is 21.3. The summed E-state index contributed by atoms with van der Waals surface area (Å²) in [6, 6.07) is 8.23. The Bertz CT molecular complexity index is 1070. The van der Waals surface area contributed by atoms with Gasteiger partial charge in [-0.25, -0.2) is 9.18 Å². The number of hydrogen-bond donors (Lipinski definition) is 0. The second-order valence-corrected chi connectivity index (χ2v) is 8.21. The smallest absolute Gasteiger partial charge is 0.409 e. The van der Waals surface area contributed by atoms with Gasteiger partial charge in [-0.3, -0.25) is 9.48 Å². The average molecular weight is 431 g/mol. The Morgan fingerprint density at radius 1 is 1.13 bits per heavy atom. The number of benzene rings is 1. The summed E-state index contributed by atoms with van der Waals surface area (Å²) in [4.78, 5) is 29.8. The van der Waals surface area contributed by atoms with Gasteiger partial charge in [0.15, 0.2) is 0 Å². The molecule has 4 rings (SSSR count). The quantitative estimate of drug-likeness (QED) is 0.635. The number of rotatable bonds is 4. The Morgan fingerprint density at radius 3 is 2.47 bits per heavy atom. The predicted octanol–water partition coefficient (Wildman–Crippen LogP) is 3.51. The number of amides is 2. The van der Waals surface area contributed by atoms with Gasteiger partial charge in [0.2, 0.25) is 0 Å². The number of thiophene rings is 1. The minimum atomic E-state index is -0.331. The highest BCUT2D eigenvalue weighted by Gasteiger charge is 2.27. The maximum atomic E-state index is 13.2. The summed E-state index contributed by atoms with van der Waals surface area (Å²) in [5, 5.41) is 5.53. The van der Waals surface area contributed by atoms with Crippen molar-refractivity contribution < 1.29 is 18.7 Å². The van der Waals surface area contributed by atoms with Crippen molar-refractivity contribution in [1.82, 2.24) is 19.6 Å². The molecule has 158 valence electrons. The molecule has 7 nitrogen and oxygen atoms in total. The highest BCUT2D eigenvalue weighted by molar-refractivity contribution is 7.20. The van der Waals surface area contributed by atoms with Crippen LogP contribution in [-0.4, -0.2) is 64.4 Å². The van der Waals surface area contributed by atoms with E-state index in [9.17, 15) is 14.0 Å². The van der Waals surface area contributed by atoms with E-state index in [2.05, 4.69) is 5.10 Å². The molecule has 0 atom stereocenters. The first-order valence-electron chi connectivity index (χ1n) is 9.88. The summed E-state index contributed by atoms with van der Waals surface area (Å²) in [6.45, 7) is 6.44. The molecular formula is C21H23FN4O3S. The molecule has 2 aromatic heterocycles. The predicted molar refractivity (Wildman–Crippen MR) is 112 cm³/mol. The first-order valence-corrected chi connectivity index (χ1v) is 10.7. The van der Waals surface area contributed by atoms with E-state index in [1.165, 1.54) is 23.5 Å². The van der Waals surface area contributed by atoms with Gasteiger partial charge >= 0.3 is 6.09 Å². The molecule has 0 unspecified atom stereocenters. The molecule has 0 saturated carbocycles. The van der Waals surface area contributed by atoms with Crippen LogP contribution in [0.3, 0.4) is 0 Å². The van der Waals surface area contributed by atoms with Crippen LogP contribution < -0.4 is 0 Å². The van der Waals surface area contributed by atoms with Gasteiger partial charge in [-0.05, 0) is 37.6 Å². The van der Waals surface area contributed by atoms with E-state index in [4.69, 9.17) is 4.74 Å². The number of fused-ring (bicyclic) bond motifs is 1. The lowest BCUT2D eigenvalue weighted by Gasteiger charge is -2.33. The molecule has 1 fully saturated rings. The number of aryl methyl sites for hydroxylation is 1. The molecule has 1 aromatic carbocycles. The normalized spacial score (nSPS) is 14.4. The van der Waals surface area contributed by atoms with Crippen molar-refractivity contribution in [1.29, 1.82) is 0 Å². The van der Waals surface area contributed by atoms with E-state index in [0.29, 0.717) is 44.2 Å². The fourth-order valence-corrected chi connectivity index (χ4v) is 4.68. The third-order valence-corrected chi connectivity index (χ3v) is 6.29. The van der Waals surface area contributed by atoms with Crippen molar-refractivity contribution in [3.63, 3.8) is 0 Å².